The maximum atomic E-state index is 11.1. The second-order valence-electron chi connectivity index (χ2n) is 3.70. The number of nitrogens with zero attached hydrogens (tertiary/aromatic N) is 1. The molecule has 0 amide bonds. The molecular weight excluding hydrogens is 186 g/mol. The molecule has 0 spiro atoms. The van der Waals surface area contributed by atoms with Gasteiger partial charge in [0.05, 0.1) is 11.5 Å². The Bertz CT molecular complexity index is 222. The molecule has 1 rings (SSSR count). The van der Waals surface area contributed by atoms with Gasteiger partial charge in [0.1, 0.15) is 0 Å². The van der Waals surface area contributed by atoms with Crippen molar-refractivity contribution < 1.29 is 8.42 Å². The minimum atomic E-state index is -2.69. The third kappa shape index (κ3) is 4.09. The standard InChI is InChI=1S/C9H19NO2S/c1-2-3-4-5-10-6-8-13(11,12)9-7-10/h2-9H2,1H3. The Kier molecular flexibility index (Phi) is 4.19. The predicted molar refractivity (Wildman–Crippen MR) is 54.6 cm³/mol. The molecule has 1 fully saturated rings. The van der Waals surface area contributed by atoms with Gasteiger partial charge in [-0.25, -0.2) is 8.42 Å². The van der Waals surface area contributed by atoms with E-state index < -0.39 is 9.84 Å². The van der Waals surface area contributed by atoms with Crippen LogP contribution < -0.4 is 0 Å². The van der Waals surface area contributed by atoms with E-state index in [0.717, 1.165) is 19.6 Å². The molecule has 0 aliphatic carbocycles. The smallest absolute Gasteiger partial charge is 0.152 e. The average molecular weight is 205 g/mol. The van der Waals surface area contributed by atoms with Gasteiger partial charge in [0.15, 0.2) is 9.84 Å². The predicted octanol–water partition coefficient (Wildman–Crippen LogP) is 0.907. The Labute approximate surface area is 81.0 Å². The van der Waals surface area contributed by atoms with Gasteiger partial charge in [-0.2, -0.15) is 0 Å². The normalized spacial score (nSPS) is 23.2. The monoisotopic (exact) mass is 205 g/mol. The van der Waals surface area contributed by atoms with Crippen molar-refractivity contribution in [2.24, 2.45) is 0 Å². The van der Waals surface area contributed by atoms with Crippen LogP contribution >= 0.6 is 0 Å². The van der Waals surface area contributed by atoms with Crippen LogP contribution in [0.4, 0.5) is 0 Å². The summed E-state index contributed by atoms with van der Waals surface area (Å²) < 4.78 is 22.2. The van der Waals surface area contributed by atoms with Gasteiger partial charge in [-0.1, -0.05) is 19.8 Å². The van der Waals surface area contributed by atoms with E-state index in [0.29, 0.717) is 11.5 Å². The molecule has 1 aliphatic rings. The van der Waals surface area contributed by atoms with E-state index in [2.05, 4.69) is 11.8 Å². The Morgan fingerprint density at radius 3 is 2.31 bits per heavy atom. The van der Waals surface area contributed by atoms with Crippen molar-refractivity contribution in [1.29, 1.82) is 0 Å². The third-order valence-electron chi connectivity index (χ3n) is 2.51. The van der Waals surface area contributed by atoms with Gasteiger partial charge >= 0.3 is 0 Å². The van der Waals surface area contributed by atoms with Crippen LogP contribution in [0.15, 0.2) is 0 Å². The maximum Gasteiger partial charge on any atom is 0.152 e. The van der Waals surface area contributed by atoms with Gasteiger partial charge < -0.3 is 4.90 Å². The van der Waals surface area contributed by atoms with Crippen molar-refractivity contribution in [3.05, 3.63) is 0 Å². The third-order valence-corrected chi connectivity index (χ3v) is 4.12. The van der Waals surface area contributed by atoms with E-state index in [1.54, 1.807) is 0 Å². The van der Waals surface area contributed by atoms with Gasteiger partial charge in [-0.15, -0.1) is 0 Å². The lowest BCUT2D eigenvalue weighted by atomic mass is 10.2. The summed E-state index contributed by atoms with van der Waals surface area (Å²) in [4.78, 5) is 2.26. The van der Waals surface area contributed by atoms with Gasteiger partial charge in [-0.3, -0.25) is 0 Å². The number of hydrogen-bond donors (Lipinski definition) is 0. The van der Waals surface area contributed by atoms with Crippen molar-refractivity contribution in [2.45, 2.75) is 26.2 Å². The van der Waals surface area contributed by atoms with Gasteiger partial charge in [0.2, 0.25) is 0 Å². The summed E-state index contributed by atoms with van der Waals surface area (Å²) in [6.45, 7) is 4.74. The lowest BCUT2D eigenvalue weighted by Gasteiger charge is -2.26. The van der Waals surface area contributed by atoms with E-state index in [-0.39, 0.29) is 0 Å². The summed E-state index contributed by atoms with van der Waals surface area (Å²) in [7, 11) is -2.69. The van der Waals surface area contributed by atoms with Crippen LogP contribution in [-0.4, -0.2) is 44.5 Å². The molecule has 13 heavy (non-hydrogen) atoms. The molecule has 0 bridgehead atoms. The molecule has 3 nitrogen and oxygen atoms in total. The molecule has 1 heterocycles. The van der Waals surface area contributed by atoms with Crippen molar-refractivity contribution in [3.63, 3.8) is 0 Å². The summed E-state index contributed by atoms with van der Waals surface area (Å²) in [5.74, 6) is 0.720. The summed E-state index contributed by atoms with van der Waals surface area (Å²) in [5, 5.41) is 0. The molecule has 0 N–H and O–H groups in total. The number of sulfone groups is 1. The molecule has 0 aromatic rings. The highest BCUT2D eigenvalue weighted by Gasteiger charge is 2.20. The molecule has 0 saturated carbocycles. The Morgan fingerprint density at radius 2 is 1.77 bits per heavy atom. The number of rotatable bonds is 4. The quantitative estimate of drug-likeness (QED) is 0.640. The van der Waals surface area contributed by atoms with Crippen LogP contribution in [0, 0.1) is 0 Å². The van der Waals surface area contributed by atoms with Crippen LogP contribution in [0.1, 0.15) is 26.2 Å². The second kappa shape index (κ2) is 4.96. The largest absolute Gasteiger partial charge is 0.301 e. The SMILES string of the molecule is CCCCCN1CCS(=O)(=O)CC1. The summed E-state index contributed by atoms with van der Waals surface area (Å²) >= 11 is 0. The zero-order chi connectivity index (χ0) is 9.73. The lowest BCUT2D eigenvalue weighted by Crippen LogP contribution is -2.40. The van der Waals surface area contributed by atoms with Crippen LogP contribution in [-0.2, 0) is 9.84 Å². The minimum Gasteiger partial charge on any atom is -0.301 e. The molecule has 1 saturated heterocycles. The van der Waals surface area contributed by atoms with Crippen molar-refractivity contribution in [1.82, 2.24) is 4.90 Å². The van der Waals surface area contributed by atoms with Crippen LogP contribution in [0.2, 0.25) is 0 Å². The fourth-order valence-corrected chi connectivity index (χ4v) is 2.84. The Hall–Kier alpha value is -0.0900. The van der Waals surface area contributed by atoms with Crippen molar-refractivity contribution >= 4 is 9.84 Å². The van der Waals surface area contributed by atoms with Gasteiger partial charge in [0.25, 0.3) is 0 Å². The molecule has 0 unspecified atom stereocenters. The Morgan fingerprint density at radius 1 is 1.15 bits per heavy atom. The first-order valence-corrected chi connectivity index (χ1v) is 6.89. The molecule has 0 aromatic heterocycles. The second-order valence-corrected chi connectivity index (χ2v) is 6.00. The molecule has 78 valence electrons. The zero-order valence-corrected chi connectivity index (χ0v) is 9.15. The topological polar surface area (TPSA) is 37.4 Å². The first kappa shape index (κ1) is 11.0. The van der Waals surface area contributed by atoms with E-state index in [4.69, 9.17) is 0 Å². The average Bonchev–Trinajstić information content (AvgIpc) is 2.08. The fourth-order valence-electron chi connectivity index (χ4n) is 1.56. The van der Waals surface area contributed by atoms with Gasteiger partial charge in [-0.05, 0) is 13.0 Å². The molecule has 4 heteroatoms. The fraction of sp³-hybridized carbons (Fsp3) is 1.00. The molecular formula is C9H19NO2S. The van der Waals surface area contributed by atoms with E-state index >= 15 is 0 Å². The van der Waals surface area contributed by atoms with Crippen LogP contribution in [0.3, 0.4) is 0 Å². The Balaban J connectivity index is 2.18. The van der Waals surface area contributed by atoms with E-state index in [1.165, 1.54) is 19.3 Å². The van der Waals surface area contributed by atoms with E-state index in [1.807, 2.05) is 0 Å². The molecule has 0 atom stereocenters. The number of hydrogen-bond acceptors (Lipinski definition) is 3. The molecule has 0 radical (unpaired) electrons. The molecule has 0 aromatic carbocycles. The highest BCUT2D eigenvalue weighted by atomic mass is 32.2. The van der Waals surface area contributed by atoms with Crippen molar-refractivity contribution in [3.8, 4) is 0 Å². The van der Waals surface area contributed by atoms with E-state index in [9.17, 15) is 8.42 Å². The highest BCUT2D eigenvalue weighted by molar-refractivity contribution is 7.91. The summed E-state index contributed by atoms with van der Waals surface area (Å²) in [6, 6.07) is 0. The van der Waals surface area contributed by atoms with Crippen LogP contribution in [0.5, 0.6) is 0 Å². The summed E-state index contributed by atoms with van der Waals surface area (Å²) in [6.07, 6.45) is 3.69. The van der Waals surface area contributed by atoms with Crippen molar-refractivity contribution in [2.75, 3.05) is 31.1 Å². The first-order chi connectivity index (χ1) is 6.14. The summed E-state index contributed by atoms with van der Waals surface area (Å²) in [5.41, 5.74) is 0. The highest BCUT2D eigenvalue weighted by Crippen LogP contribution is 2.05. The molecule has 1 aliphatic heterocycles. The minimum absolute atomic E-state index is 0.360. The van der Waals surface area contributed by atoms with Crippen LogP contribution in [0.25, 0.3) is 0 Å². The zero-order valence-electron chi connectivity index (χ0n) is 8.33. The maximum absolute atomic E-state index is 11.1. The number of unbranched alkanes of at least 4 members (excludes halogenated alkanes) is 2. The first-order valence-electron chi connectivity index (χ1n) is 5.07. The van der Waals surface area contributed by atoms with Gasteiger partial charge in [0, 0.05) is 13.1 Å². The lowest BCUT2D eigenvalue weighted by molar-refractivity contribution is 0.289.